The van der Waals surface area contributed by atoms with Gasteiger partial charge in [0.15, 0.2) is 5.84 Å². The molecule has 2 heteroatoms. The van der Waals surface area contributed by atoms with Crippen molar-refractivity contribution in [3.05, 3.63) is 221 Å². The Bertz CT molecular complexity index is 2600. The standard InChI is InChI=1S/C55H48N2/c1-38(40-18-10-5-11-19-40)56-55(57-39(2)46-32-33-48-34-47-26-16-17-27-50(47)51(48)35-46)45-30-28-41(29-31-45)49-36-52(42-20-8-3-4-9-21-42)54(44-24-14-7-15-25-44)53(37-49)43-22-12-6-13-23-43/h3-6,8,10,12-14,16-18,20-28,30-33,35-37,41H,2,7,9,11,15,19,29,34H2,1H3/b56-38+,57-55-. The Hall–Kier alpha value is -6.38. The summed E-state index contributed by atoms with van der Waals surface area (Å²) in [7, 11) is 0. The van der Waals surface area contributed by atoms with Gasteiger partial charge in [0.05, 0.1) is 5.70 Å². The minimum atomic E-state index is 0.200. The number of nitrogens with zero attached hydrogens (tertiary/aromatic N) is 2. The fourth-order valence-electron chi connectivity index (χ4n) is 8.66. The van der Waals surface area contributed by atoms with E-state index in [9.17, 15) is 0 Å². The zero-order valence-corrected chi connectivity index (χ0v) is 32.8. The van der Waals surface area contributed by atoms with E-state index in [-0.39, 0.29) is 5.92 Å². The Kier molecular flexibility index (Phi) is 10.4. The molecule has 9 rings (SSSR count). The van der Waals surface area contributed by atoms with Crippen LogP contribution < -0.4 is 0 Å². The molecule has 0 N–H and O–H groups in total. The van der Waals surface area contributed by atoms with E-state index >= 15 is 0 Å². The minimum Gasteiger partial charge on any atom is -0.233 e. The van der Waals surface area contributed by atoms with Crippen LogP contribution in [-0.4, -0.2) is 11.5 Å². The third-order valence-corrected chi connectivity index (χ3v) is 11.7. The molecule has 57 heavy (non-hydrogen) atoms. The molecule has 278 valence electrons. The van der Waals surface area contributed by atoms with Crippen molar-refractivity contribution in [2.24, 2.45) is 9.98 Å². The highest BCUT2D eigenvalue weighted by atomic mass is 14.9. The van der Waals surface area contributed by atoms with Crippen molar-refractivity contribution in [2.75, 3.05) is 0 Å². The number of fused-ring (bicyclic) bond motifs is 3. The lowest BCUT2D eigenvalue weighted by atomic mass is 9.80. The van der Waals surface area contributed by atoms with Crippen LogP contribution in [-0.2, 0) is 6.42 Å². The summed E-state index contributed by atoms with van der Waals surface area (Å²) in [6.45, 7) is 6.62. The first-order chi connectivity index (χ1) is 28.1. The zero-order valence-electron chi connectivity index (χ0n) is 32.8. The molecular formula is C55H48N2. The topological polar surface area (TPSA) is 24.7 Å². The molecule has 0 fully saturated rings. The second-order valence-electron chi connectivity index (χ2n) is 15.5. The molecule has 0 aromatic heterocycles. The molecule has 5 aliphatic rings. The molecule has 0 bridgehead atoms. The van der Waals surface area contributed by atoms with Crippen LogP contribution in [0.1, 0.15) is 84.7 Å². The van der Waals surface area contributed by atoms with Gasteiger partial charge < -0.3 is 0 Å². The second kappa shape index (κ2) is 16.4. The molecule has 0 aliphatic heterocycles. The largest absolute Gasteiger partial charge is 0.233 e. The van der Waals surface area contributed by atoms with Crippen molar-refractivity contribution >= 4 is 28.4 Å². The van der Waals surface area contributed by atoms with Crippen molar-refractivity contribution in [1.82, 2.24) is 0 Å². The predicted octanol–water partition coefficient (Wildman–Crippen LogP) is 14.3. The second-order valence-corrected chi connectivity index (χ2v) is 15.5. The summed E-state index contributed by atoms with van der Waals surface area (Å²) in [6.07, 6.45) is 38.6. The molecule has 2 nitrogen and oxygen atoms in total. The van der Waals surface area contributed by atoms with Crippen molar-refractivity contribution < 1.29 is 0 Å². The van der Waals surface area contributed by atoms with Gasteiger partial charge in [-0.05, 0) is 137 Å². The average molecular weight is 737 g/mol. The van der Waals surface area contributed by atoms with Crippen LogP contribution in [0.15, 0.2) is 198 Å². The molecule has 0 saturated heterocycles. The fraction of sp³-hybridized carbons (Fsp3) is 0.164. The van der Waals surface area contributed by atoms with Crippen molar-refractivity contribution in [1.29, 1.82) is 0 Å². The molecule has 1 atom stereocenters. The molecule has 0 spiro atoms. The summed E-state index contributed by atoms with van der Waals surface area (Å²) in [5.41, 5.74) is 19.4. The third-order valence-electron chi connectivity index (χ3n) is 11.7. The normalized spacial score (nSPS) is 18.6. The highest BCUT2D eigenvalue weighted by Gasteiger charge is 2.23. The molecule has 1 unspecified atom stereocenters. The number of allylic oxidation sites excluding steroid dienone is 16. The number of hydrogen-bond acceptors (Lipinski definition) is 1. The monoisotopic (exact) mass is 736 g/mol. The van der Waals surface area contributed by atoms with E-state index in [0.29, 0.717) is 5.84 Å². The molecule has 0 heterocycles. The van der Waals surface area contributed by atoms with Crippen molar-refractivity contribution in [2.45, 2.75) is 57.8 Å². The first kappa shape index (κ1) is 36.3. The fourth-order valence-corrected chi connectivity index (χ4v) is 8.66. The van der Waals surface area contributed by atoms with Crippen LogP contribution in [0.3, 0.4) is 0 Å². The maximum Gasteiger partial charge on any atom is 0.159 e. The smallest absolute Gasteiger partial charge is 0.159 e. The maximum absolute atomic E-state index is 5.25. The van der Waals surface area contributed by atoms with Gasteiger partial charge >= 0.3 is 0 Å². The van der Waals surface area contributed by atoms with Crippen LogP contribution >= 0.6 is 0 Å². The number of rotatable bonds is 8. The van der Waals surface area contributed by atoms with Crippen LogP contribution in [0.4, 0.5) is 0 Å². The van der Waals surface area contributed by atoms with E-state index in [1.807, 2.05) is 0 Å². The molecule has 0 amide bonds. The molecule has 5 aliphatic carbocycles. The Labute approximate surface area is 338 Å². The summed E-state index contributed by atoms with van der Waals surface area (Å²) in [5, 5.41) is 0. The van der Waals surface area contributed by atoms with Gasteiger partial charge in [-0.3, -0.25) is 0 Å². The molecule has 0 saturated carbocycles. The van der Waals surface area contributed by atoms with Crippen molar-refractivity contribution in [3.63, 3.8) is 0 Å². The van der Waals surface area contributed by atoms with Crippen LogP contribution in [0.25, 0.3) is 39.1 Å². The molecule has 0 radical (unpaired) electrons. The predicted molar refractivity (Wildman–Crippen MR) is 244 cm³/mol. The number of hydrogen-bond donors (Lipinski definition) is 0. The number of aliphatic imine (C=N–C) groups is 2. The Morgan fingerprint density at radius 1 is 0.667 bits per heavy atom. The van der Waals surface area contributed by atoms with Gasteiger partial charge in [-0.2, -0.15) is 0 Å². The average Bonchev–Trinajstić information content (AvgIpc) is 3.42. The zero-order chi connectivity index (χ0) is 38.6. The van der Waals surface area contributed by atoms with E-state index in [0.717, 1.165) is 67.5 Å². The van der Waals surface area contributed by atoms with E-state index in [1.54, 1.807) is 0 Å². The van der Waals surface area contributed by atoms with E-state index in [2.05, 4.69) is 183 Å². The van der Waals surface area contributed by atoms with Crippen LogP contribution in [0.2, 0.25) is 0 Å². The van der Waals surface area contributed by atoms with Gasteiger partial charge in [0.25, 0.3) is 0 Å². The molecule has 4 aromatic rings. The summed E-state index contributed by atoms with van der Waals surface area (Å²) < 4.78 is 0. The first-order valence-corrected chi connectivity index (χ1v) is 20.5. The lowest BCUT2D eigenvalue weighted by molar-refractivity contribution is 0.849. The lowest BCUT2D eigenvalue weighted by Crippen LogP contribution is -2.10. The molecule has 4 aromatic carbocycles. The van der Waals surface area contributed by atoms with Gasteiger partial charge in [-0.15, -0.1) is 0 Å². The van der Waals surface area contributed by atoms with Gasteiger partial charge in [0, 0.05) is 22.8 Å². The Balaban J connectivity index is 1.09. The van der Waals surface area contributed by atoms with E-state index in [1.165, 1.54) is 66.8 Å². The highest BCUT2D eigenvalue weighted by Crippen LogP contribution is 2.42. The quantitative estimate of drug-likeness (QED) is 0.112. The first-order valence-electron chi connectivity index (χ1n) is 20.5. The minimum absolute atomic E-state index is 0.200. The van der Waals surface area contributed by atoms with E-state index < -0.39 is 0 Å². The lowest BCUT2D eigenvalue weighted by Gasteiger charge is -2.24. The van der Waals surface area contributed by atoms with Gasteiger partial charge in [-0.1, -0.05) is 158 Å². The summed E-state index contributed by atoms with van der Waals surface area (Å²) in [4.78, 5) is 10.5. The van der Waals surface area contributed by atoms with Crippen LogP contribution in [0, 0.1) is 0 Å². The number of amidine groups is 1. The van der Waals surface area contributed by atoms with Gasteiger partial charge in [0.1, 0.15) is 0 Å². The Morgan fingerprint density at radius 3 is 2.35 bits per heavy atom. The Morgan fingerprint density at radius 2 is 1.53 bits per heavy atom. The summed E-state index contributed by atoms with van der Waals surface area (Å²) in [6, 6.07) is 31.2. The summed E-state index contributed by atoms with van der Waals surface area (Å²) in [5.74, 6) is 0.910. The highest BCUT2D eigenvalue weighted by molar-refractivity contribution is 6.13. The van der Waals surface area contributed by atoms with Crippen LogP contribution in [0.5, 0.6) is 0 Å². The van der Waals surface area contributed by atoms with E-state index in [4.69, 9.17) is 9.98 Å². The number of benzene rings is 4. The van der Waals surface area contributed by atoms with Crippen molar-refractivity contribution in [3.8, 4) is 22.3 Å². The van der Waals surface area contributed by atoms with Gasteiger partial charge in [-0.25, -0.2) is 9.98 Å². The SMILES string of the molecule is C=C(/N=C(\N=C(/C)C1=CC=CCC1)C1=CCC(c2cc(C3=CCC=CC=C3)c(C3=CCCC=C3)c(-c3ccccc3)c2)C=C1)c1ccc2c(c1)-c1ccccc1C2. The summed E-state index contributed by atoms with van der Waals surface area (Å²) >= 11 is 0. The molecular weight excluding hydrogens is 689 g/mol. The third kappa shape index (κ3) is 7.73. The maximum atomic E-state index is 5.25. The van der Waals surface area contributed by atoms with Gasteiger partial charge in [0.2, 0.25) is 0 Å².